The number of fused-ring (bicyclic) bond motifs is 1. The van der Waals surface area contributed by atoms with Crippen molar-refractivity contribution in [1.29, 1.82) is 0 Å². The van der Waals surface area contributed by atoms with E-state index in [1.54, 1.807) is 11.3 Å². The van der Waals surface area contributed by atoms with Gasteiger partial charge < -0.3 is 5.73 Å². The molecule has 1 atom stereocenters. The molecule has 2 N–H and O–H groups in total. The van der Waals surface area contributed by atoms with E-state index in [0.29, 0.717) is 0 Å². The Hall–Kier alpha value is -1.19. The predicted octanol–water partition coefficient (Wildman–Crippen LogP) is 3.76. The van der Waals surface area contributed by atoms with Gasteiger partial charge in [0.15, 0.2) is 0 Å². The summed E-state index contributed by atoms with van der Waals surface area (Å²) < 4.78 is 0. The Morgan fingerprint density at radius 2 is 2.17 bits per heavy atom. The third-order valence-electron chi connectivity index (χ3n) is 3.83. The fraction of sp³-hybridized carbons (Fsp3) is 0.400. The van der Waals surface area contributed by atoms with Crippen LogP contribution in [0.4, 0.5) is 0 Å². The number of thiazole rings is 1. The smallest absolute Gasteiger partial charge is 0.124 e. The minimum atomic E-state index is 0.199. The normalized spacial score (nSPS) is 18.7. The second kappa shape index (κ2) is 4.48. The lowest BCUT2D eigenvalue weighted by atomic mass is 9.99. The monoisotopic (exact) mass is 258 g/mol. The van der Waals surface area contributed by atoms with Crippen LogP contribution in [-0.4, -0.2) is 4.98 Å². The molecule has 0 bridgehead atoms. The molecule has 3 rings (SSSR count). The Kier molecular flexibility index (Phi) is 2.96. The van der Waals surface area contributed by atoms with E-state index >= 15 is 0 Å². The molecule has 0 fully saturated rings. The molecule has 0 aliphatic heterocycles. The maximum Gasteiger partial charge on any atom is 0.124 e. The van der Waals surface area contributed by atoms with Crippen LogP contribution in [0.2, 0.25) is 0 Å². The Balaban J connectivity index is 2.10. The van der Waals surface area contributed by atoms with Crippen LogP contribution in [0.1, 0.15) is 40.6 Å². The third kappa shape index (κ3) is 1.88. The molecule has 1 heterocycles. The summed E-state index contributed by atoms with van der Waals surface area (Å²) in [6.45, 7) is 4.32. The van der Waals surface area contributed by atoms with Crippen LogP contribution in [0.25, 0.3) is 10.6 Å². The van der Waals surface area contributed by atoms with Crippen molar-refractivity contribution >= 4 is 11.3 Å². The van der Waals surface area contributed by atoms with Crippen LogP contribution in [-0.2, 0) is 6.42 Å². The number of aryl methyl sites for hydroxylation is 2. The van der Waals surface area contributed by atoms with E-state index in [-0.39, 0.29) is 6.04 Å². The minimum Gasteiger partial charge on any atom is -0.323 e. The number of benzene rings is 1. The fourth-order valence-corrected chi connectivity index (χ4v) is 3.78. The maximum atomic E-state index is 6.18. The first-order valence-electron chi connectivity index (χ1n) is 6.48. The van der Waals surface area contributed by atoms with E-state index in [1.807, 2.05) is 0 Å². The summed E-state index contributed by atoms with van der Waals surface area (Å²) in [7, 11) is 0. The summed E-state index contributed by atoms with van der Waals surface area (Å²) >= 11 is 1.78. The molecule has 3 heteroatoms. The van der Waals surface area contributed by atoms with E-state index < -0.39 is 0 Å². The van der Waals surface area contributed by atoms with E-state index in [9.17, 15) is 0 Å². The van der Waals surface area contributed by atoms with Crippen molar-refractivity contribution in [2.75, 3.05) is 0 Å². The molecule has 1 aromatic heterocycles. The van der Waals surface area contributed by atoms with Crippen LogP contribution < -0.4 is 5.73 Å². The van der Waals surface area contributed by atoms with E-state index in [2.05, 4.69) is 32.0 Å². The predicted molar refractivity (Wildman–Crippen MR) is 76.9 cm³/mol. The first-order valence-corrected chi connectivity index (χ1v) is 7.30. The highest BCUT2D eigenvalue weighted by Crippen LogP contribution is 2.37. The molecule has 2 nitrogen and oxygen atoms in total. The van der Waals surface area contributed by atoms with E-state index in [4.69, 9.17) is 10.7 Å². The van der Waals surface area contributed by atoms with Gasteiger partial charge >= 0.3 is 0 Å². The minimum absolute atomic E-state index is 0.199. The maximum absolute atomic E-state index is 6.18. The summed E-state index contributed by atoms with van der Waals surface area (Å²) in [6.07, 6.45) is 3.36. The quantitative estimate of drug-likeness (QED) is 0.845. The van der Waals surface area contributed by atoms with Gasteiger partial charge in [-0.2, -0.15) is 0 Å². The lowest BCUT2D eigenvalue weighted by Crippen LogP contribution is -2.15. The SMILES string of the molecule is Cc1cccc(-c2nc3c(s2)C(N)CCC3)c1C. The Labute approximate surface area is 112 Å². The van der Waals surface area contributed by atoms with Gasteiger partial charge in [0.1, 0.15) is 5.01 Å². The number of hydrogen-bond donors (Lipinski definition) is 1. The number of hydrogen-bond acceptors (Lipinski definition) is 3. The molecule has 2 aromatic rings. The molecule has 0 saturated heterocycles. The van der Waals surface area contributed by atoms with Gasteiger partial charge in [0, 0.05) is 16.5 Å². The highest BCUT2D eigenvalue weighted by molar-refractivity contribution is 7.15. The summed E-state index contributed by atoms with van der Waals surface area (Å²) in [5.41, 5.74) is 11.3. The molecule has 1 unspecified atom stereocenters. The highest BCUT2D eigenvalue weighted by atomic mass is 32.1. The topological polar surface area (TPSA) is 38.9 Å². The van der Waals surface area contributed by atoms with Crippen molar-refractivity contribution in [1.82, 2.24) is 4.98 Å². The molecular weight excluding hydrogens is 240 g/mol. The van der Waals surface area contributed by atoms with Gasteiger partial charge in [0.05, 0.1) is 5.69 Å². The lowest BCUT2D eigenvalue weighted by molar-refractivity contribution is 0.573. The van der Waals surface area contributed by atoms with Gasteiger partial charge in [-0.15, -0.1) is 11.3 Å². The van der Waals surface area contributed by atoms with Crippen molar-refractivity contribution in [3.63, 3.8) is 0 Å². The van der Waals surface area contributed by atoms with Crippen LogP contribution in [0.5, 0.6) is 0 Å². The van der Waals surface area contributed by atoms with Crippen molar-refractivity contribution in [2.24, 2.45) is 5.73 Å². The fourth-order valence-electron chi connectivity index (χ4n) is 2.55. The second-order valence-corrected chi connectivity index (χ2v) is 6.11. The summed E-state index contributed by atoms with van der Waals surface area (Å²) in [5, 5.41) is 1.14. The highest BCUT2D eigenvalue weighted by Gasteiger charge is 2.22. The largest absolute Gasteiger partial charge is 0.323 e. The molecule has 1 aromatic carbocycles. The summed E-state index contributed by atoms with van der Waals surface area (Å²) in [6, 6.07) is 6.62. The van der Waals surface area contributed by atoms with Crippen molar-refractivity contribution < 1.29 is 0 Å². The molecule has 1 aliphatic rings. The number of rotatable bonds is 1. The van der Waals surface area contributed by atoms with Crippen LogP contribution in [0, 0.1) is 13.8 Å². The van der Waals surface area contributed by atoms with Crippen LogP contribution in [0.15, 0.2) is 18.2 Å². The number of aromatic nitrogens is 1. The average molecular weight is 258 g/mol. The van der Waals surface area contributed by atoms with Gasteiger partial charge in [-0.1, -0.05) is 18.2 Å². The Morgan fingerprint density at radius 3 is 2.94 bits per heavy atom. The molecule has 0 amide bonds. The van der Waals surface area contributed by atoms with E-state index in [0.717, 1.165) is 17.8 Å². The Morgan fingerprint density at radius 1 is 1.33 bits per heavy atom. The first kappa shape index (κ1) is 11.9. The number of nitrogens with zero attached hydrogens (tertiary/aromatic N) is 1. The van der Waals surface area contributed by atoms with Crippen molar-refractivity contribution in [3.8, 4) is 10.6 Å². The molecule has 0 radical (unpaired) electrons. The summed E-state index contributed by atoms with van der Waals surface area (Å²) in [5.74, 6) is 0. The zero-order valence-electron chi connectivity index (χ0n) is 10.9. The molecule has 1 aliphatic carbocycles. The van der Waals surface area contributed by atoms with Gasteiger partial charge in [-0.3, -0.25) is 0 Å². The average Bonchev–Trinajstić information content (AvgIpc) is 2.78. The van der Waals surface area contributed by atoms with E-state index in [1.165, 1.54) is 33.7 Å². The van der Waals surface area contributed by atoms with Gasteiger partial charge in [0.25, 0.3) is 0 Å². The zero-order valence-corrected chi connectivity index (χ0v) is 11.7. The van der Waals surface area contributed by atoms with Crippen LogP contribution in [0.3, 0.4) is 0 Å². The lowest BCUT2D eigenvalue weighted by Gasteiger charge is -2.15. The van der Waals surface area contributed by atoms with Gasteiger partial charge in [-0.25, -0.2) is 4.98 Å². The Bertz CT molecular complexity index is 586. The van der Waals surface area contributed by atoms with Gasteiger partial charge in [-0.05, 0) is 44.2 Å². The molecular formula is C15H18N2S. The van der Waals surface area contributed by atoms with Crippen LogP contribution >= 0.6 is 11.3 Å². The summed E-state index contributed by atoms with van der Waals surface area (Å²) in [4.78, 5) is 6.11. The van der Waals surface area contributed by atoms with Crippen molar-refractivity contribution in [2.45, 2.75) is 39.2 Å². The van der Waals surface area contributed by atoms with Gasteiger partial charge in [0.2, 0.25) is 0 Å². The molecule has 94 valence electrons. The third-order valence-corrected chi connectivity index (χ3v) is 5.09. The second-order valence-electron chi connectivity index (χ2n) is 5.08. The molecule has 18 heavy (non-hydrogen) atoms. The van der Waals surface area contributed by atoms with Crippen molar-refractivity contribution in [3.05, 3.63) is 39.9 Å². The zero-order chi connectivity index (χ0) is 12.7. The molecule has 0 spiro atoms. The standard InChI is InChI=1S/C15H18N2S/c1-9-5-3-6-11(10(9)2)15-17-13-8-4-7-12(16)14(13)18-15/h3,5-6,12H,4,7-8,16H2,1-2H3. The molecule has 0 saturated carbocycles. The first-order chi connectivity index (χ1) is 8.66. The number of nitrogens with two attached hydrogens (primary N) is 1.